The number of ketones is 3. The van der Waals surface area contributed by atoms with Crippen molar-refractivity contribution in [2.24, 2.45) is 0 Å². The SMILES string of the molecule is N#CC(=O)c1ccccc1COc1cccc(Cl)c1.N#CC(=O)c1ccccc1COc1ccccc1.N#CC(=O)c1ccccc1COc1ccccc1Cl. The highest BCUT2D eigenvalue weighted by Crippen LogP contribution is 2.25. The Hall–Kier alpha value is -7.22. The molecule has 0 fully saturated rings. The van der Waals surface area contributed by atoms with Crippen LogP contribution in [0.1, 0.15) is 47.8 Å². The van der Waals surface area contributed by atoms with Crippen molar-refractivity contribution < 1.29 is 28.6 Å². The number of hydrogen-bond donors (Lipinski definition) is 0. The Balaban J connectivity index is 0.000000187. The van der Waals surface area contributed by atoms with Crippen molar-refractivity contribution in [3.63, 3.8) is 0 Å². The number of ether oxygens (including phenoxy) is 3. The summed E-state index contributed by atoms with van der Waals surface area (Å²) in [5.41, 5.74) is 3.18. The van der Waals surface area contributed by atoms with Gasteiger partial charge in [0, 0.05) is 38.4 Å². The van der Waals surface area contributed by atoms with Crippen LogP contribution in [0.5, 0.6) is 17.2 Å². The fourth-order valence-corrected chi connectivity index (χ4v) is 5.27. The lowest BCUT2D eigenvalue weighted by Gasteiger charge is -2.09. The highest BCUT2D eigenvalue weighted by atomic mass is 35.5. The Morgan fingerprint density at radius 3 is 1.30 bits per heavy atom. The van der Waals surface area contributed by atoms with Crippen LogP contribution in [0.15, 0.2) is 152 Å². The molecule has 0 aliphatic rings. The molecule has 0 heterocycles. The Morgan fingerprint density at radius 2 is 0.839 bits per heavy atom. The average molecular weight is 781 g/mol. The maximum absolute atomic E-state index is 11.5. The van der Waals surface area contributed by atoms with Crippen LogP contribution in [0.3, 0.4) is 0 Å². The molecule has 0 N–H and O–H groups in total. The van der Waals surface area contributed by atoms with Gasteiger partial charge in [-0.2, -0.15) is 15.8 Å². The van der Waals surface area contributed by atoms with Crippen molar-refractivity contribution in [3.05, 3.63) is 195 Å². The van der Waals surface area contributed by atoms with Gasteiger partial charge in [-0.05, 0) is 60.7 Å². The van der Waals surface area contributed by atoms with E-state index in [0.29, 0.717) is 54.9 Å². The molecule has 6 aromatic carbocycles. The normalized spacial score (nSPS) is 9.62. The number of Topliss-reactive ketones (excluding diaryl/α,β-unsaturated/α-hetero) is 3. The van der Waals surface area contributed by atoms with Gasteiger partial charge in [-0.1, -0.05) is 114 Å². The summed E-state index contributed by atoms with van der Waals surface area (Å²) in [5.74, 6) is 0.220. The summed E-state index contributed by atoms with van der Waals surface area (Å²) in [7, 11) is 0. The zero-order chi connectivity index (χ0) is 40.1. The second-order valence-corrected chi connectivity index (χ2v) is 12.2. The van der Waals surface area contributed by atoms with Crippen LogP contribution in [-0.4, -0.2) is 17.3 Å². The summed E-state index contributed by atoms with van der Waals surface area (Å²) >= 11 is 11.8. The van der Waals surface area contributed by atoms with Gasteiger partial charge in [0.15, 0.2) is 0 Å². The molecule has 6 aromatic rings. The van der Waals surface area contributed by atoms with E-state index in [1.165, 1.54) is 0 Å². The fraction of sp³-hybridized carbons (Fsp3) is 0.0667. The molecule has 0 aromatic heterocycles. The topological polar surface area (TPSA) is 150 Å². The van der Waals surface area contributed by atoms with Crippen molar-refractivity contribution in [1.82, 2.24) is 0 Å². The lowest BCUT2D eigenvalue weighted by atomic mass is 10.1. The maximum atomic E-state index is 11.5. The molecule has 11 heteroatoms. The summed E-state index contributed by atoms with van der Waals surface area (Å²) in [4.78, 5) is 34.4. The largest absolute Gasteiger partial charge is 0.489 e. The summed E-state index contributed by atoms with van der Waals surface area (Å²) in [5, 5.41) is 27.1. The maximum Gasteiger partial charge on any atom is 0.262 e. The summed E-state index contributed by atoms with van der Waals surface area (Å²) in [6, 6.07) is 49.0. The third kappa shape index (κ3) is 12.7. The zero-order valence-corrected chi connectivity index (χ0v) is 31.1. The number of nitriles is 3. The van der Waals surface area contributed by atoms with Crippen LogP contribution in [-0.2, 0) is 19.8 Å². The molecule has 0 aliphatic carbocycles. The zero-order valence-electron chi connectivity index (χ0n) is 29.6. The first-order valence-electron chi connectivity index (χ1n) is 16.7. The van der Waals surface area contributed by atoms with Crippen LogP contribution in [0.4, 0.5) is 0 Å². The number of hydrogen-bond acceptors (Lipinski definition) is 9. The minimum atomic E-state index is -0.571. The van der Waals surface area contributed by atoms with E-state index in [4.69, 9.17) is 53.2 Å². The molecule has 0 saturated heterocycles. The van der Waals surface area contributed by atoms with Crippen LogP contribution in [0.25, 0.3) is 0 Å². The number of benzene rings is 6. The molecule has 0 radical (unpaired) electrons. The van der Waals surface area contributed by atoms with Gasteiger partial charge in [0.25, 0.3) is 17.3 Å². The minimum Gasteiger partial charge on any atom is -0.489 e. The van der Waals surface area contributed by atoms with E-state index in [9.17, 15) is 14.4 Å². The summed E-state index contributed by atoms with van der Waals surface area (Å²) in [6.45, 7) is 0.671. The molecular weight excluding hydrogens is 749 g/mol. The Bertz CT molecular complexity index is 2420. The fourth-order valence-electron chi connectivity index (χ4n) is 4.90. The lowest BCUT2D eigenvalue weighted by molar-refractivity contribution is 0.104. The second kappa shape index (κ2) is 22.1. The van der Waals surface area contributed by atoms with E-state index < -0.39 is 17.3 Å². The van der Waals surface area contributed by atoms with Gasteiger partial charge >= 0.3 is 0 Å². The van der Waals surface area contributed by atoms with Gasteiger partial charge in [0.05, 0.1) is 5.02 Å². The Morgan fingerprint density at radius 1 is 0.446 bits per heavy atom. The third-order valence-electron chi connectivity index (χ3n) is 7.64. The molecule has 6 rings (SSSR count). The van der Waals surface area contributed by atoms with E-state index in [1.54, 1.807) is 121 Å². The van der Waals surface area contributed by atoms with E-state index in [1.807, 2.05) is 48.5 Å². The van der Waals surface area contributed by atoms with Crippen LogP contribution in [0.2, 0.25) is 10.0 Å². The number of rotatable bonds is 12. The third-order valence-corrected chi connectivity index (χ3v) is 8.19. The predicted molar refractivity (Wildman–Crippen MR) is 211 cm³/mol. The van der Waals surface area contributed by atoms with E-state index in [2.05, 4.69) is 0 Å². The van der Waals surface area contributed by atoms with E-state index >= 15 is 0 Å². The number of halogens is 2. The van der Waals surface area contributed by atoms with Crippen LogP contribution < -0.4 is 14.2 Å². The molecular formula is C45H31Cl2N3O6. The van der Waals surface area contributed by atoms with Crippen molar-refractivity contribution in [3.8, 4) is 35.5 Å². The highest BCUT2D eigenvalue weighted by Gasteiger charge is 2.13. The van der Waals surface area contributed by atoms with Crippen molar-refractivity contribution >= 4 is 40.6 Å². The van der Waals surface area contributed by atoms with Crippen molar-refractivity contribution in [1.29, 1.82) is 15.8 Å². The first-order chi connectivity index (χ1) is 27.2. The first-order valence-corrected chi connectivity index (χ1v) is 17.5. The van der Waals surface area contributed by atoms with Gasteiger partial charge in [-0.25, -0.2) is 0 Å². The van der Waals surface area contributed by atoms with Crippen LogP contribution >= 0.6 is 23.2 Å². The molecule has 56 heavy (non-hydrogen) atoms. The molecule has 276 valence electrons. The monoisotopic (exact) mass is 779 g/mol. The standard InChI is InChI=1S/2C15H10ClNO2.C15H11NO2/c16-13-7-3-4-8-15(13)19-10-11-5-1-2-6-12(11)14(18)9-17;16-12-5-3-6-13(8-12)19-10-11-4-1-2-7-14(11)15(18)9-17;16-10-15(17)14-9-5-4-6-12(14)11-18-13-7-2-1-3-8-13/h2*1-8H,10H2;1-9H,11H2. The molecule has 0 aliphatic heterocycles. The molecule has 0 saturated carbocycles. The van der Waals surface area contributed by atoms with E-state index in [-0.39, 0.29) is 19.8 Å². The van der Waals surface area contributed by atoms with E-state index in [0.717, 1.165) is 5.75 Å². The van der Waals surface area contributed by atoms with Gasteiger partial charge in [-0.3, -0.25) is 14.4 Å². The molecule has 9 nitrogen and oxygen atoms in total. The lowest BCUT2D eigenvalue weighted by Crippen LogP contribution is -2.04. The number of carbonyl (C=O) groups excluding carboxylic acids is 3. The number of carbonyl (C=O) groups is 3. The van der Waals surface area contributed by atoms with Crippen LogP contribution in [0, 0.1) is 34.0 Å². The van der Waals surface area contributed by atoms with Gasteiger partial charge < -0.3 is 14.2 Å². The minimum absolute atomic E-state index is 0.188. The summed E-state index contributed by atoms with van der Waals surface area (Å²) < 4.78 is 16.7. The smallest absolute Gasteiger partial charge is 0.262 e. The molecule has 0 bridgehead atoms. The number of para-hydroxylation sites is 2. The van der Waals surface area contributed by atoms with Crippen molar-refractivity contribution in [2.45, 2.75) is 19.8 Å². The van der Waals surface area contributed by atoms with Gasteiger partial charge in [0.2, 0.25) is 0 Å². The summed E-state index contributed by atoms with van der Waals surface area (Å²) in [6.07, 6.45) is 0. The Labute approximate surface area is 334 Å². The second-order valence-electron chi connectivity index (χ2n) is 11.4. The molecule has 0 amide bonds. The Kier molecular flexibility index (Phi) is 16.4. The van der Waals surface area contributed by atoms with Crippen molar-refractivity contribution in [2.75, 3.05) is 0 Å². The predicted octanol–water partition coefficient (Wildman–Crippen LogP) is 10.2. The highest BCUT2D eigenvalue weighted by molar-refractivity contribution is 6.32. The van der Waals surface area contributed by atoms with Gasteiger partial charge in [0.1, 0.15) is 55.3 Å². The number of nitrogens with zero attached hydrogens (tertiary/aromatic N) is 3. The quantitative estimate of drug-likeness (QED) is 0.0873. The molecule has 0 spiro atoms. The van der Waals surface area contributed by atoms with Gasteiger partial charge in [-0.15, -0.1) is 0 Å². The molecule has 0 unspecified atom stereocenters. The average Bonchev–Trinajstić information content (AvgIpc) is 3.25. The first kappa shape index (κ1) is 41.5. The molecule has 0 atom stereocenters.